The fourth-order valence-electron chi connectivity index (χ4n) is 2.34. The molecule has 100 valence electrons. The lowest BCUT2D eigenvalue weighted by Gasteiger charge is -1.95. The molecule has 0 atom stereocenters. The molecule has 0 amide bonds. The maximum atomic E-state index is 13.4. The summed E-state index contributed by atoms with van der Waals surface area (Å²) in [5.74, 6) is -0.210. The molecule has 0 bridgehead atoms. The first-order valence-electron chi connectivity index (χ1n) is 6.55. The van der Waals surface area contributed by atoms with E-state index >= 15 is 0 Å². The molecular weight excluding hydrogens is 251 g/mol. The first kappa shape index (κ1) is 12.6. The quantitative estimate of drug-likeness (QED) is 0.684. The van der Waals surface area contributed by atoms with E-state index in [0.717, 1.165) is 27.7 Å². The van der Waals surface area contributed by atoms with Crippen molar-refractivity contribution in [1.82, 2.24) is 4.98 Å². The zero-order valence-corrected chi connectivity index (χ0v) is 11.5. The molecule has 3 aromatic rings. The van der Waals surface area contributed by atoms with Crippen molar-refractivity contribution >= 4 is 23.1 Å². The SMILES string of the molecule is Cc1[nH]c2ccc(F)cc2c1C=Cc1cc[n+](C)cc1. The molecule has 20 heavy (non-hydrogen) atoms. The zero-order valence-electron chi connectivity index (χ0n) is 11.5. The second kappa shape index (κ2) is 4.93. The number of aryl methyl sites for hydroxylation is 2. The van der Waals surface area contributed by atoms with Gasteiger partial charge in [0.1, 0.15) is 12.9 Å². The molecule has 0 saturated carbocycles. The van der Waals surface area contributed by atoms with Gasteiger partial charge in [0.25, 0.3) is 0 Å². The summed E-state index contributed by atoms with van der Waals surface area (Å²) in [5.41, 5.74) is 4.16. The molecular formula is C17H16FN2+. The molecule has 0 fully saturated rings. The van der Waals surface area contributed by atoms with Gasteiger partial charge in [-0.3, -0.25) is 0 Å². The molecule has 0 spiro atoms. The Hall–Kier alpha value is -2.42. The smallest absolute Gasteiger partial charge is 0.169 e. The highest BCUT2D eigenvalue weighted by molar-refractivity contribution is 5.93. The van der Waals surface area contributed by atoms with Gasteiger partial charge in [0.15, 0.2) is 12.4 Å². The number of H-pyrrole nitrogens is 1. The summed E-state index contributed by atoms with van der Waals surface area (Å²) in [5, 5.41) is 0.917. The second-order valence-electron chi connectivity index (χ2n) is 4.98. The van der Waals surface area contributed by atoms with E-state index in [1.165, 1.54) is 6.07 Å². The summed E-state index contributed by atoms with van der Waals surface area (Å²) in [6, 6.07) is 8.91. The topological polar surface area (TPSA) is 19.7 Å². The van der Waals surface area contributed by atoms with E-state index in [4.69, 9.17) is 0 Å². The van der Waals surface area contributed by atoms with E-state index in [1.54, 1.807) is 12.1 Å². The van der Waals surface area contributed by atoms with Crippen molar-refractivity contribution in [1.29, 1.82) is 0 Å². The molecule has 0 unspecified atom stereocenters. The standard InChI is InChI=1S/C17H15FN2/c1-12-15(5-3-13-7-9-20(2)10-8-13)16-11-14(18)4-6-17(16)19-12/h3-11H,1-2H3/p+1. The number of nitrogens with one attached hydrogen (secondary N) is 1. The summed E-state index contributed by atoms with van der Waals surface area (Å²) in [7, 11) is 1.99. The Kier molecular flexibility index (Phi) is 3.11. The summed E-state index contributed by atoms with van der Waals surface area (Å²) >= 11 is 0. The van der Waals surface area contributed by atoms with Crippen LogP contribution >= 0.6 is 0 Å². The van der Waals surface area contributed by atoms with Crippen molar-refractivity contribution in [2.45, 2.75) is 6.92 Å². The van der Waals surface area contributed by atoms with Crippen LogP contribution in [0, 0.1) is 12.7 Å². The van der Waals surface area contributed by atoms with Crippen LogP contribution in [-0.2, 0) is 7.05 Å². The maximum absolute atomic E-state index is 13.4. The number of nitrogens with zero attached hydrogens (tertiary/aromatic N) is 1. The maximum Gasteiger partial charge on any atom is 0.169 e. The van der Waals surface area contributed by atoms with Crippen LogP contribution in [0.4, 0.5) is 4.39 Å². The highest BCUT2D eigenvalue weighted by Crippen LogP contribution is 2.24. The Balaban J connectivity index is 2.03. The molecule has 1 N–H and O–H groups in total. The minimum absolute atomic E-state index is 0.210. The van der Waals surface area contributed by atoms with Crippen LogP contribution in [0.3, 0.4) is 0 Å². The number of hydrogen-bond acceptors (Lipinski definition) is 0. The van der Waals surface area contributed by atoms with E-state index in [0.29, 0.717) is 0 Å². The minimum atomic E-state index is -0.210. The molecule has 2 aromatic heterocycles. The first-order chi connectivity index (χ1) is 9.63. The molecule has 2 nitrogen and oxygen atoms in total. The van der Waals surface area contributed by atoms with Crippen LogP contribution in [0.15, 0.2) is 42.7 Å². The van der Waals surface area contributed by atoms with Crippen LogP contribution in [0.1, 0.15) is 16.8 Å². The van der Waals surface area contributed by atoms with E-state index < -0.39 is 0 Å². The highest BCUT2D eigenvalue weighted by Gasteiger charge is 2.06. The fraction of sp³-hybridized carbons (Fsp3) is 0.118. The molecule has 0 radical (unpaired) electrons. The first-order valence-corrected chi connectivity index (χ1v) is 6.55. The van der Waals surface area contributed by atoms with E-state index in [-0.39, 0.29) is 5.82 Å². The van der Waals surface area contributed by atoms with Crippen molar-refractivity contribution in [3.05, 3.63) is 65.4 Å². The predicted molar refractivity (Wildman–Crippen MR) is 79.5 cm³/mol. The number of halogens is 1. The molecule has 0 aliphatic heterocycles. The second-order valence-corrected chi connectivity index (χ2v) is 4.98. The summed E-state index contributed by atoms with van der Waals surface area (Å²) in [6.45, 7) is 2.00. The normalized spacial score (nSPS) is 11.6. The van der Waals surface area contributed by atoms with Crippen LogP contribution in [0.5, 0.6) is 0 Å². The van der Waals surface area contributed by atoms with Crippen molar-refractivity contribution < 1.29 is 8.96 Å². The number of benzene rings is 1. The lowest BCUT2D eigenvalue weighted by Crippen LogP contribution is -2.25. The molecule has 0 saturated heterocycles. The average Bonchev–Trinajstić information content (AvgIpc) is 2.73. The van der Waals surface area contributed by atoms with Gasteiger partial charge in [0.2, 0.25) is 0 Å². The molecule has 3 heteroatoms. The Morgan fingerprint density at radius 3 is 2.60 bits per heavy atom. The third kappa shape index (κ3) is 2.35. The average molecular weight is 267 g/mol. The largest absolute Gasteiger partial charge is 0.358 e. The fourth-order valence-corrected chi connectivity index (χ4v) is 2.34. The van der Waals surface area contributed by atoms with Gasteiger partial charge < -0.3 is 4.98 Å². The van der Waals surface area contributed by atoms with Crippen LogP contribution in [0.2, 0.25) is 0 Å². The van der Waals surface area contributed by atoms with E-state index in [9.17, 15) is 4.39 Å². The van der Waals surface area contributed by atoms with Gasteiger partial charge in [-0.15, -0.1) is 0 Å². The van der Waals surface area contributed by atoms with Gasteiger partial charge in [-0.25, -0.2) is 8.96 Å². The van der Waals surface area contributed by atoms with Crippen LogP contribution in [-0.4, -0.2) is 4.98 Å². The monoisotopic (exact) mass is 267 g/mol. The van der Waals surface area contributed by atoms with Gasteiger partial charge in [-0.05, 0) is 30.7 Å². The molecule has 2 heterocycles. The molecule has 3 rings (SSSR count). The number of pyridine rings is 1. The van der Waals surface area contributed by atoms with Crippen molar-refractivity contribution in [3.8, 4) is 0 Å². The van der Waals surface area contributed by atoms with Crippen molar-refractivity contribution in [2.75, 3.05) is 0 Å². The Morgan fingerprint density at radius 1 is 1.10 bits per heavy atom. The molecule has 0 aliphatic rings. The van der Waals surface area contributed by atoms with E-state index in [1.807, 2.05) is 55.2 Å². The molecule has 0 aliphatic carbocycles. The number of aromatic nitrogens is 2. The van der Waals surface area contributed by atoms with Gasteiger partial charge >= 0.3 is 0 Å². The Bertz CT molecular complexity index is 783. The van der Waals surface area contributed by atoms with Crippen LogP contribution in [0.25, 0.3) is 23.1 Å². The number of hydrogen-bond donors (Lipinski definition) is 1. The third-order valence-electron chi connectivity index (χ3n) is 3.44. The van der Waals surface area contributed by atoms with E-state index in [2.05, 4.69) is 4.98 Å². The third-order valence-corrected chi connectivity index (χ3v) is 3.44. The van der Waals surface area contributed by atoms with Gasteiger partial charge in [0, 0.05) is 34.3 Å². The highest BCUT2D eigenvalue weighted by atomic mass is 19.1. The minimum Gasteiger partial charge on any atom is -0.358 e. The summed E-state index contributed by atoms with van der Waals surface area (Å²) in [4.78, 5) is 3.28. The Morgan fingerprint density at radius 2 is 1.85 bits per heavy atom. The zero-order chi connectivity index (χ0) is 14.1. The summed E-state index contributed by atoms with van der Waals surface area (Å²) < 4.78 is 15.4. The number of aromatic amines is 1. The summed E-state index contributed by atoms with van der Waals surface area (Å²) in [6.07, 6.45) is 8.08. The Labute approximate surface area is 117 Å². The van der Waals surface area contributed by atoms with Crippen molar-refractivity contribution in [3.63, 3.8) is 0 Å². The van der Waals surface area contributed by atoms with Gasteiger partial charge in [-0.2, -0.15) is 0 Å². The van der Waals surface area contributed by atoms with Crippen LogP contribution < -0.4 is 4.57 Å². The number of fused-ring (bicyclic) bond motifs is 1. The van der Waals surface area contributed by atoms with Gasteiger partial charge in [-0.1, -0.05) is 12.2 Å². The lowest BCUT2D eigenvalue weighted by atomic mass is 10.1. The van der Waals surface area contributed by atoms with Crippen molar-refractivity contribution in [2.24, 2.45) is 7.05 Å². The lowest BCUT2D eigenvalue weighted by molar-refractivity contribution is -0.671. The molecule has 1 aromatic carbocycles. The van der Waals surface area contributed by atoms with Gasteiger partial charge in [0.05, 0.1) is 0 Å². The number of rotatable bonds is 2. The predicted octanol–water partition coefficient (Wildman–Crippen LogP) is 3.61.